The Morgan fingerprint density at radius 2 is 1.46 bits per heavy atom. The molecule has 8 heteroatoms. The van der Waals surface area contributed by atoms with Gasteiger partial charge in [-0.1, -0.05) is 103 Å². The molecule has 0 heterocycles. The molecular weight excluding hydrogens is 513 g/mol. The van der Waals surface area contributed by atoms with E-state index in [0.29, 0.717) is 19.6 Å². The first-order chi connectivity index (χ1) is 19.0. The standard InChI is InChI=1S/C31H56NO6P/c1-5-7-8-9-10-11-12-13-14-15-16-19-24-35-30-22-18-17-21-28(30)26-29(38-31(33)6-2)27-37-39(34)36-25-20-23-32(3)4/h17-18,21-22,29,34H,5-16,19-20,23-27H2,1-4H3. The summed E-state index contributed by atoms with van der Waals surface area (Å²) in [5.74, 6) is 0.511. The summed E-state index contributed by atoms with van der Waals surface area (Å²) in [6.07, 6.45) is 16.7. The Morgan fingerprint density at radius 3 is 2.08 bits per heavy atom. The maximum absolute atomic E-state index is 12.0. The van der Waals surface area contributed by atoms with E-state index in [-0.39, 0.29) is 19.0 Å². The molecule has 0 aliphatic rings. The van der Waals surface area contributed by atoms with Crippen LogP contribution in [-0.2, 0) is 25.0 Å². The van der Waals surface area contributed by atoms with Gasteiger partial charge in [-0.15, -0.1) is 0 Å². The number of para-hydroxylation sites is 1. The topological polar surface area (TPSA) is 77.5 Å². The average molecular weight is 570 g/mol. The van der Waals surface area contributed by atoms with Crippen LogP contribution >= 0.6 is 8.60 Å². The molecule has 0 saturated carbocycles. The van der Waals surface area contributed by atoms with Crippen LogP contribution in [0.4, 0.5) is 0 Å². The van der Waals surface area contributed by atoms with Gasteiger partial charge in [0, 0.05) is 12.8 Å². The van der Waals surface area contributed by atoms with Gasteiger partial charge in [0.1, 0.15) is 11.9 Å². The fraction of sp³-hybridized carbons (Fsp3) is 0.774. The lowest BCUT2D eigenvalue weighted by Crippen LogP contribution is -2.25. The van der Waals surface area contributed by atoms with Crippen molar-refractivity contribution in [1.82, 2.24) is 4.90 Å². The number of hydrogen-bond acceptors (Lipinski definition) is 7. The molecule has 0 aliphatic carbocycles. The molecule has 226 valence electrons. The summed E-state index contributed by atoms with van der Waals surface area (Å²) in [7, 11) is 1.96. The number of carbonyl (C=O) groups excluding carboxylic acids is 1. The van der Waals surface area contributed by atoms with Gasteiger partial charge in [-0.2, -0.15) is 0 Å². The molecule has 7 nitrogen and oxygen atoms in total. The van der Waals surface area contributed by atoms with Crippen LogP contribution in [-0.4, -0.2) is 62.3 Å². The highest BCUT2D eigenvalue weighted by molar-refractivity contribution is 7.40. The average Bonchev–Trinajstić information content (AvgIpc) is 2.92. The van der Waals surface area contributed by atoms with Gasteiger partial charge >= 0.3 is 14.6 Å². The number of esters is 1. The van der Waals surface area contributed by atoms with Crippen molar-refractivity contribution in [1.29, 1.82) is 0 Å². The smallest absolute Gasteiger partial charge is 0.329 e. The molecule has 39 heavy (non-hydrogen) atoms. The van der Waals surface area contributed by atoms with Gasteiger partial charge in [0.15, 0.2) is 0 Å². The molecule has 2 atom stereocenters. The monoisotopic (exact) mass is 569 g/mol. The molecule has 1 rings (SSSR count). The quantitative estimate of drug-likeness (QED) is 0.0692. The number of benzene rings is 1. The molecule has 2 unspecified atom stereocenters. The SMILES string of the molecule is CCCCCCCCCCCCCCOc1ccccc1CC(COP(O)OCCCN(C)C)OC(=O)CC. The Morgan fingerprint density at radius 1 is 0.846 bits per heavy atom. The Balaban J connectivity index is 2.37. The van der Waals surface area contributed by atoms with Crippen molar-refractivity contribution in [2.75, 3.05) is 40.5 Å². The molecule has 0 fully saturated rings. The minimum Gasteiger partial charge on any atom is -0.493 e. The third kappa shape index (κ3) is 20.3. The molecule has 0 saturated heterocycles. The van der Waals surface area contributed by atoms with E-state index >= 15 is 0 Å². The van der Waals surface area contributed by atoms with Gasteiger partial charge in [-0.25, -0.2) is 0 Å². The minimum atomic E-state index is -2.02. The number of nitrogens with zero attached hydrogens (tertiary/aromatic N) is 1. The molecule has 1 N–H and O–H groups in total. The van der Waals surface area contributed by atoms with Crippen molar-refractivity contribution < 1.29 is 28.2 Å². The first-order valence-corrected chi connectivity index (χ1v) is 16.4. The molecule has 1 aromatic rings. The largest absolute Gasteiger partial charge is 0.493 e. The lowest BCUT2D eigenvalue weighted by Gasteiger charge is -2.21. The number of ether oxygens (including phenoxy) is 2. The fourth-order valence-corrected chi connectivity index (χ4v) is 4.95. The van der Waals surface area contributed by atoms with Crippen molar-refractivity contribution in [2.24, 2.45) is 0 Å². The lowest BCUT2D eigenvalue weighted by molar-refractivity contribution is -0.150. The summed E-state index contributed by atoms with van der Waals surface area (Å²) in [5.41, 5.74) is 0.961. The van der Waals surface area contributed by atoms with E-state index < -0.39 is 14.7 Å². The summed E-state index contributed by atoms with van der Waals surface area (Å²) < 4.78 is 22.6. The van der Waals surface area contributed by atoms with E-state index in [2.05, 4.69) is 11.8 Å². The predicted molar refractivity (Wildman–Crippen MR) is 161 cm³/mol. The predicted octanol–water partition coefficient (Wildman–Crippen LogP) is 7.83. The van der Waals surface area contributed by atoms with Gasteiger partial charge in [0.25, 0.3) is 0 Å². The van der Waals surface area contributed by atoms with Crippen LogP contribution in [0.2, 0.25) is 0 Å². The Hall–Kier alpha value is -1.24. The Labute approximate surface area is 239 Å². The third-order valence-corrected chi connectivity index (χ3v) is 7.36. The Kier molecular flexibility index (Phi) is 22.5. The number of carbonyl (C=O) groups is 1. The zero-order valence-electron chi connectivity index (χ0n) is 25.2. The van der Waals surface area contributed by atoms with E-state index in [1.54, 1.807) is 6.92 Å². The van der Waals surface area contributed by atoms with Gasteiger partial charge in [-0.3, -0.25) is 4.79 Å². The molecule has 1 aromatic carbocycles. The van der Waals surface area contributed by atoms with Crippen LogP contribution in [0.5, 0.6) is 5.75 Å². The second-order valence-corrected chi connectivity index (χ2v) is 11.5. The number of hydrogen-bond donors (Lipinski definition) is 1. The summed E-state index contributed by atoms with van der Waals surface area (Å²) >= 11 is 0. The van der Waals surface area contributed by atoms with E-state index in [1.807, 2.05) is 38.4 Å². The zero-order chi connectivity index (χ0) is 28.6. The molecule has 0 amide bonds. The molecule has 0 aliphatic heterocycles. The van der Waals surface area contributed by atoms with Crippen LogP contribution in [0, 0.1) is 0 Å². The number of unbranched alkanes of at least 4 members (excludes halogenated alkanes) is 11. The molecular formula is C31H56NO6P. The van der Waals surface area contributed by atoms with Crippen molar-refractivity contribution >= 4 is 14.6 Å². The summed E-state index contributed by atoms with van der Waals surface area (Å²) in [5, 5.41) is 0. The van der Waals surface area contributed by atoms with Crippen LogP contribution < -0.4 is 4.74 Å². The summed E-state index contributed by atoms with van der Waals surface area (Å²) in [4.78, 5) is 24.2. The van der Waals surface area contributed by atoms with Gasteiger partial charge in [0.2, 0.25) is 0 Å². The van der Waals surface area contributed by atoms with Crippen LogP contribution in [0.25, 0.3) is 0 Å². The van der Waals surface area contributed by atoms with Crippen molar-refractivity contribution in [3.8, 4) is 5.75 Å². The van der Waals surface area contributed by atoms with E-state index in [1.165, 1.54) is 70.6 Å². The maximum atomic E-state index is 12.0. The Bertz CT molecular complexity index is 720. The normalized spacial score (nSPS) is 13.0. The number of rotatable bonds is 26. The van der Waals surface area contributed by atoms with Crippen LogP contribution in [0.1, 0.15) is 109 Å². The van der Waals surface area contributed by atoms with Gasteiger partial charge < -0.3 is 28.3 Å². The van der Waals surface area contributed by atoms with Crippen LogP contribution in [0.15, 0.2) is 24.3 Å². The van der Waals surface area contributed by atoms with Crippen molar-refractivity contribution in [3.63, 3.8) is 0 Å². The van der Waals surface area contributed by atoms with Gasteiger partial charge in [-0.05, 0) is 45.1 Å². The first kappa shape index (κ1) is 35.8. The first-order valence-electron chi connectivity index (χ1n) is 15.3. The second-order valence-electron chi connectivity index (χ2n) is 10.5. The zero-order valence-corrected chi connectivity index (χ0v) is 26.1. The molecule has 0 aromatic heterocycles. The highest BCUT2D eigenvalue weighted by atomic mass is 31.2. The van der Waals surface area contributed by atoms with Crippen LogP contribution in [0.3, 0.4) is 0 Å². The maximum Gasteiger partial charge on any atom is 0.329 e. The van der Waals surface area contributed by atoms with E-state index in [9.17, 15) is 9.69 Å². The fourth-order valence-electron chi connectivity index (χ4n) is 4.30. The van der Waals surface area contributed by atoms with Crippen molar-refractivity contribution in [2.45, 2.75) is 116 Å². The lowest BCUT2D eigenvalue weighted by atomic mass is 10.1. The molecule has 0 spiro atoms. The highest BCUT2D eigenvalue weighted by Gasteiger charge is 2.20. The highest BCUT2D eigenvalue weighted by Crippen LogP contribution is 2.33. The summed E-state index contributed by atoms with van der Waals surface area (Å²) in [6, 6.07) is 7.86. The van der Waals surface area contributed by atoms with E-state index in [0.717, 1.165) is 30.7 Å². The van der Waals surface area contributed by atoms with Gasteiger partial charge in [0.05, 0.1) is 19.8 Å². The molecule has 0 bridgehead atoms. The molecule has 0 radical (unpaired) electrons. The second kappa shape index (κ2) is 24.5. The van der Waals surface area contributed by atoms with E-state index in [4.69, 9.17) is 18.5 Å². The third-order valence-electron chi connectivity index (χ3n) is 6.58. The van der Waals surface area contributed by atoms with Crippen molar-refractivity contribution in [3.05, 3.63) is 29.8 Å². The minimum absolute atomic E-state index is 0.0642. The summed E-state index contributed by atoms with van der Waals surface area (Å²) in [6.45, 7) is 6.05.